The van der Waals surface area contributed by atoms with Gasteiger partial charge in [0.25, 0.3) is 0 Å². The molecule has 6 heteroatoms. The summed E-state index contributed by atoms with van der Waals surface area (Å²) in [6.45, 7) is -2.12. The summed E-state index contributed by atoms with van der Waals surface area (Å²) in [5.41, 5.74) is 0.721. The van der Waals surface area contributed by atoms with Crippen LogP contribution in [-0.4, -0.2) is 13.2 Å². The molecule has 0 radical (unpaired) electrons. The van der Waals surface area contributed by atoms with Gasteiger partial charge in [-0.1, -0.05) is 35.4 Å². The molecular weight excluding hydrogens is 319 g/mol. The molecule has 1 fully saturated rings. The summed E-state index contributed by atoms with van der Waals surface area (Å²) in [5.74, 6) is 1.79. The minimum absolute atomic E-state index is 0.0816. The summed E-state index contributed by atoms with van der Waals surface area (Å²) in [6, 6.07) is 3.13. The zero-order valence-corrected chi connectivity index (χ0v) is 12.7. The van der Waals surface area contributed by atoms with E-state index in [-0.39, 0.29) is 15.8 Å². The fraction of sp³-hybridized carbons (Fsp3) is 0.467. The number of alkyl halides is 2. The third-order valence-electron chi connectivity index (χ3n) is 4.19. The zero-order valence-electron chi connectivity index (χ0n) is 11.2. The van der Waals surface area contributed by atoms with Gasteiger partial charge in [-0.3, -0.25) is 0 Å². The first-order chi connectivity index (χ1) is 10.0. The van der Waals surface area contributed by atoms with E-state index in [0.717, 1.165) is 18.2 Å². The summed E-state index contributed by atoms with van der Waals surface area (Å²) in [4.78, 5) is 0. The molecule has 3 atom stereocenters. The van der Waals surface area contributed by atoms with Crippen LogP contribution in [0.4, 0.5) is 14.5 Å². The number of hydrogen-bond donors (Lipinski definition) is 1. The number of halogens is 4. The fourth-order valence-electron chi connectivity index (χ4n) is 3.24. The van der Waals surface area contributed by atoms with Crippen molar-refractivity contribution in [2.45, 2.75) is 19.5 Å². The maximum atomic E-state index is 12.3. The van der Waals surface area contributed by atoms with Gasteiger partial charge >= 0.3 is 6.61 Å². The molecule has 1 saturated carbocycles. The van der Waals surface area contributed by atoms with Gasteiger partial charge in [-0.2, -0.15) is 8.78 Å². The van der Waals surface area contributed by atoms with Gasteiger partial charge in [0.2, 0.25) is 0 Å². The molecule has 114 valence electrons. The molecular formula is C15H15Cl2F2NO. The Hall–Kier alpha value is -1.00. The Balaban J connectivity index is 1.65. The van der Waals surface area contributed by atoms with Crippen molar-refractivity contribution in [2.75, 3.05) is 11.9 Å². The van der Waals surface area contributed by atoms with Gasteiger partial charge < -0.3 is 10.1 Å². The molecule has 21 heavy (non-hydrogen) atoms. The van der Waals surface area contributed by atoms with Crippen LogP contribution in [0.15, 0.2) is 24.3 Å². The Morgan fingerprint density at radius 1 is 1.19 bits per heavy atom. The summed E-state index contributed by atoms with van der Waals surface area (Å²) < 4.78 is 28.8. The fourth-order valence-corrected chi connectivity index (χ4v) is 3.82. The van der Waals surface area contributed by atoms with E-state index in [9.17, 15) is 8.78 Å². The van der Waals surface area contributed by atoms with Crippen LogP contribution in [0.5, 0.6) is 5.75 Å². The second kappa shape index (κ2) is 6.01. The molecule has 0 spiro atoms. The van der Waals surface area contributed by atoms with E-state index in [0.29, 0.717) is 11.8 Å². The smallest absolute Gasteiger partial charge is 0.387 e. The van der Waals surface area contributed by atoms with Crippen LogP contribution < -0.4 is 10.1 Å². The van der Waals surface area contributed by atoms with Crippen LogP contribution in [-0.2, 0) is 0 Å². The van der Waals surface area contributed by atoms with Crippen LogP contribution in [0.1, 0.15) is 12.8 Å². The topological polar surface area (TPSA) is 21.3 Å². The molecule has 0 aliphatic heterocycles. The van der Waals surface area contributed by atoms with Crippen molar-refractivity contribution in [1.29, 1.82) is 0 Å². The predicted octanol–water partition coefficient (Wildman–Crippen LogP) is 5.22. The van der Waals surface area contributed by atoms with Crippen molar-refractivity contribution in [3.05, 3.63) is 34.3 Å². The average Bonchev–Trinajstić information content (AvgIpc) is 3.02. The second-order valence-electron chi connectivity index (χ2n) is 5.57. The Kier molecular flexibility index (Phi) is 4.27. The van der Waals surface area contributed by atoms with Crippen molar-refractivity contribution < 1.29 is 13.5 Å². The molecule has 0 aromatic heterocycles. The van der Waals surface area contributed by atoms with Crippen LogP contribution in [0.25, 0.3) is 0 Å². The van der Waals surface area contributed by atoms with Gasteiger partial charge in [0.1, 0.15) is 0 Å². The van der Waals surface area contributed by atoms with Crippen molar-refractivity contribution in [3.8, 4) is 5.75 Å². The van der Waals surface area contributed by atoms with Gasteiger partial charge in [0, 0.05) is 12.2 Å². The lowest BCUT2D eigenvalue weighted by molar-refractivity contribution is -0.0497. The monoisotopic (exact) mass is 333 g/mol. The minimum Gasteiger partial charge on any atom is -0.432 e. The number of rotatable bonds is 5. The molecule has 3 rings (SSSR count). The molecule has 1 N–H and O–H groups in total. The molecule has 2 nitrogen and oxygen atoms in total. The number of benzene rings is 1. The third kappa shape index (κ3) is 3.27. The summed E-state index contributed by atoms with van der Waals surface area (Å²) in [5, 5.41) is 3.45. The largest absolute Gasteiger partial charge is 0.432 e. The van der Waals surface area contributed by atoms with E-state index < -0.39 is 6.61 Å². The minimum atomic E-state index is -2.94. The highest BCUT2D eigenvalue weighted by molar-refractivity contribution is 6.37. The number of ether oxygens (including phenoxy) is 1. The molecule has 0 saturated heterocycles. The van der Waals surface area contributed by atoms with Crippen molar-refractivity contribution >= 4 is 28.9 Å². The molecule has 0 amide bonds. The predicted molar refractivity (Wildman–Crippen MR) is 80.4 cm³/mol. The van der Waals surface area contributed by atoms with Crippen LogP contribution in [0.2, 0.25) is 10.0 Å². The Morgan fingerprint density at radius 3 is 2.43 bits per heavy atom. The first-order valence-electron chi connectivity index (χ1n) is 6.89. The SMILES string of the molecule is FC(F)Oc1c(Cl)cc(NCC2CC3C=CC2C3)cc1Cl. The normalized spacial score (nSPS) is 26.6. The van der Waals surface area contributed by atoms with Gasteiger partial charge in [0.15, 0.2) is 5.75 Å². The molecule has 2 bridgehead atoms. The number of fused-ring (bicyclic) bond motifs is 2. The molecule has 3 unspecified atom stereocenters. The van der Waals surface area contributed by atoms with E-state index in [1.807, 2.05) is 0 Å². The van der Waals surface area contributed by atoms with E-state index in [4.69, 9.17) is 23.2 Å². The van der Waals surface area contributed by atoms with Gasteiger partial charge in [-0.25, -0.2) is 0 Å². The number of anilines is 1. The number of allylic oxidation sites excluding steroid dienone is 2. The maximum Gasteiger partial charge on any atom is 0.387 e. The molecule has 0 heterocycles. The van der Waals surface area contributed by atoms with Crippen LogP contribution in [0.3, 0.4) is 0 Å². The lowest BCUT2D eigenvalue weighted by atomic mass is 9.93. The highest BCUT2D eigenvalue weighted by atomic mass is 35.5. The quantitative estimate of drug-likeness (QED) is 0.746. The zero-order chi connectivity index (χ0) is 15.0. The van der Waals surface area contributed by atoms with Crippen molar-refractivity contribution in [3.63, 3.8) is 0 Å². The highest BCUT2D eigenvalue weighted by Gasteiger charge is 2.35. The first kappa shape index (κ1) is 14.9. The Morgan fingerprint density at radius 2 is 1.90 bits per heavy atom. The Bertz CT molecular complexity index is 542. The molecule has 1 aromatic rings. The van der Waals surface area contributed by atoms with E-state index in [2.05, 4.69) is 22.2 Å². The molecule has 2 aliphatic carbocycles. The lowest BCUT2D eigenvalue weighted by Crippen LogP contribution is -2.18. The number of nitrogens with one attached hydrogen (secondary N) is 1. The van der Waals surface area contributed by atoms with E-state index >= 15 is 0 Å². The maximum absolute atomic E-state index is 12.3. The summed E-state index contributed by atoms with van der Waals surface area (Å²) >= 11 is 11.9. The van der Waals surface area contributed by atoms with Crippen molar-refractivity contribution in [2.24, 2.45) is 17.8 Å². The van der Waals surface area contributed by atoms with E-state index in [1.54, 1.807) is 12.1 Å². The van der Waals surface area contributed by atoms with Crippen LogP contribution in [0, 0.1) is 17.8 Å². The second-order valence-corrected chi connectivity index (χ2v) is 6.38. The first-order valence-corrected chi connectivity index (χ1v) is 7.64. The van der Waals surface area contributed by atoms with Gasteiger partial charge in [-0.15, -0.1) is 0 Å². The highest BCUT2D eigenvalue weighted by Crippen LogP contribution is 2.43. The van der Waals surface area contributed by atoms with Gasteiger partial charge in [0.05, 0.1) is 10.0 Å². The molecule has 2 aliphatic rings. The van der Waals surface area contributed by atoms with Crippen molar-refractivity contribution in [1.82, 2.24) is 0 Å². The van der Waals surface area contributed by atoms with Gasteiger partial charge in [-0.05, 0) is 42.7 Å². The Labute approximate surface area is 132 Å². The summed E-state index contributed by atoms with van der Waals surface area (Å²) in [6.07, 6.45) is 7.03. The van der Waals surface area contributed by atoms with E-state index in [1.165, 1.54) is 12.8 Å². The van der Waals surface area contributed by atoms with Crippen LogP contribution >= 0.6 is 23.2 Å². The molecule has 1 aromatic carbocycles. The average molecular weight is 334 g/mol. The lowest BCUT2D eigenvalue weighted by Gasteiger charge is -2.20. The summed E-state index contributed by atoms with van der Waals surface area (Å²) in [7, 11) is 0. The third-order valence-corrected chi connectivity index (χ3v) is 4.75. The number of hydrogen-bond acceptors (Lipinski definition) is 2. The standard InChI is InChI=1S/C15H15Cl2F2NO/c16-12-5-11(6-13(17)14(12)21-15(18)19)20-7-10-4-8-1-2-9(10)3-8/h1-2,5-6,8-10,15,20H,3-4,7H2.